The van der Waals surface area contributed by atoms with Gasteiger partial charge in [0.25, 0.3) is 0 Å². The summed E-state index contributed by atoms with van der Waals surface area (Å²) in [6.07, 6.45) is 7.06. The SMILES string of the molecule is C.C.C.C.C.C.C.C.CC(C)(C)CCNC(C)(C)C.CC(C)(C)CCSSCCNC(C)(C)C.CC(C)(C)Cc1ccc(CC(C)(C)C)cc1.CC(C)(C)Cc1ccc(CNC(C)(C)C)cc1.CC(C)(C)NCC(C)(C)C(C)(C)C.CC(C)(C)NCc1ccc(C(C)(C)C)cc1.CC(CNC(C)(C)C)C(C)(C)C.COc1cc(CC(C)(C)C)ccc1CNC(C)(C)C. The van der Waals surface area contributed by atoms with Crippen molar-refractivity contribution < 1.29 is 4.74 Å². The minimum Gasteiger partial charge on any atom is -0.496 e. The molecule has 0 aliphatic carbocycles. The number of ether oxygens (including phenoxy) is 1. The van der Waals surface area contributed by atoms with Gasteiger partial charge in [0.2, 0.25) is 0 Å². The maximum absolute atomic E-state index is 5.53. The van der Waals surface area contributed by atoms with Gasteiger partial charge in [-0.1, -0.05) is 374 Å². The van der Waals surface area contributed by atoms with Crippen LogP contribution in [0.25, 0.3) is 0 Å². The van der Waals surface area contributed by atoms with Gasteiger partial charge in [-0.25, -0.2) is 0 Å². The van der Waals surface area contributed by atoms with Crippen LogP contribution in [0.4, 0.5) is 0 Å². The van der Waals surface area contributed by atoms with E-state index in [-0.39, 0.29) is 104 Å². The first kappa shape index (κ1) is 150. The lowest BCUT2D eigenvalue weighted by atomic mass is 9.69. The van der Waals surface area contributed by atoms with Crippen LogP contribution in [0.5, 0.6) is 5.75 Å². The Labute approximate surface area is 813 Å². The zero-order chi connectivity index (χ0) is 94.6. The highest BCUT2D eigenvalue weighted by atomic mass is 33.1. The Bertz CT molecular complexity index is 3140. The summed E-state index contributed by atoms with van der Waals surface area (Å²) in [5, 5.41) is 24.6. The van der Waals surface area contributed by atoms with Crippen LogP contribution in [-0.2, 0) is 50.7 Å². The van der Waals surface area contributed by atoms with Crippen molar-refractivity contribution >= 4 is 21.6 Å². The van der Waals surface area contributed by atoms with Crippen molar-refractivity contribution in [1.82, 2.24) is 37.2 Å². The number of rotatable bonds is 23. The van der Waals surface area contributed by atoms with Crippen molar-refractivity contribution in [2.24, 2.45) is 54.7 Å². The second kappa shape index (κ2) is 64.2. The van der Waals surface area contributed by atoms with Crippen LogP contribution in [0.3, 0.4) is 0 Å². The third-order valence-electron chi connectivity index (χ3n) is 19.5. The van der Waals surface area contributed by atoms with Gasteiger partial charge in [-0.2, -0.15) is 0 Å². The molecule has 0 heterocycles. The molecule has 7 N–H and O–H groups in total. The minimum atomic E-state index is 0. The van der Waals surface area contributed by atoms with E-state index < -0.39 is 0 Å². The molecule has 0 bridgehead atoms. The lowest BCUT2D eigenvalue weighted by molar-refractivity contribution is 0.119. The number of hydrogen-bond acceptors (Lipinski definition) is 10. The maximum atomic E-state index is 5.53. The molecule has 0 amide bonds. The van der Waals surface area contributed by atoms with Gasteiger partial charge in [-0.3, -0.25) is 0 Å². The fourth-order valence-corrected chi connectivity index (χ4v) is 12.8. The summed E-state index contributed by atoms with van der Waals surface area (Å²) in [7, 11) is 5.74. The summed E-state index contributed by atoms with van der Waals surface area (Å²) in [6, 6.07) is 33.6. The second-order valence-corrected chi connectivity index (χ2v) is 55.4. The normalized spacial score (nSPS) is 12.6. The first-order valence-electron chi connectivity index (χ1n) is 46.0. The van der Waals surface area contributed by atoms with Crippen molar-refractivity contribution in [1.29, 1.82) is 0 Å². The van der Waals surface area contributed by atoms with Crippen LogP contribution in [0.2, 0.25) is 0 Å². The van der Waals surface area contributed by atoms with E-state index >= 15 is 0 Å². The van der Waals surface area contributed by atoms with Crippen LogP contribution in [-0.4, -0.2) is 83.6 Å². The van der Waals surface area contributed by atoms with Crippen molar-refractivity contribution in [3.8, 4) is 5.75 Å². The molecule has 0 aliphatic heterocycles. The maximum Gasteiger partial charge on any atom is 0.123 e. The van der Waals surface area contributed by atoms with Gasteiger partial charge in [0.05, 0.1) is 7.11 Å². The molecule has 4 aromatic carbocycles. The smallest absolute Gasteiger partial charge is 0.123 e. The van der Waals surface area contributed by atoms with Crippen LogP contribution < -0.4 is 42.0 Å². The molecular formula is C117H241N7OS2. The molecular weight excluding hydrogens is 1580 g/mol. The van der Waals surface area contributed by atoms with E-state index in [2.05, 4.69) is 481 Å². The van der Waals surface area contributed by atoms with E-state index in [0.29, 0.717) is 48.7 Å². The van der Waals surface area contributed by atoms with E-state index in [0.717, 1.165) is 83.2 Å². The summed E-state index contributed by atoms with van der Waals surface area (Å²) >= 11 is 0. The Kier molecular flexibility index (Phi) is 75.6. The predicted octanol–water partition coefficient (Wildman–Crippen LogP) is 35.7. The van der Waals surface area contributed by atoms with Crippen LogP contribution in [0.15, 0.2) is 91.0 Å². The first-order valence-corrected chi connectivity index (χ1v) is 48.5. The highest BCUT2D eigenvalue weighted by Crippen LogP contribution is 2.38. The van der Waals surface area contributed by atoms with Gasteiger partial charge < -0.3 is 42.0 Å². The average molecular weight is 1830 g/mol. The fraction of sp³-hybridized carbons (Fsp3) is 0.795. The summed E-state index contributed by atoms with van der Waals surface area (Å²) in [6.45, 7) is 122. The molecule has 10 heteroatoms. The summed E-state index contributed by atoms with van der Waals surface area (Å²) < 4.78 is 5.53. The Balaban J connectivity index is -0.000000119. The average Bonchev–Trinajstić information content (AvgIpc) is 0.862. The second-order valence-electron chi connectivity index (χ2n) is 52.7. The van der Waals surface area contributed by atoms with Crippen LogP contribution in [0, 0.1) is 54.7 Å². The van der Waals surface area contributed by atoms with Crippen molar-refractivity contribution in [2.45, 2.75) is 515 Å². The van der Waals surface area contributed by atoms with E-state index in [1.54, 1.807) is 7.11 Å². The standard InChI is InChI=1S/C17H29NO.C16H27N.C16H26.C15H25N.C12H27NS2.C12H27N.C11H25N.C10H23N.8CH4/c1-16(2,3)11-13-8-9-14(15(10-13)19-7)12-18-17(4,5)6;1-15(2,3)11-13-7-9-14(10-8-13)12-17-16(4,5)6;1-15(2,3)11-13-7-9-14(10-8-13)12-16(4,5)6;1-14(2,3)13-9-7-12(8-10-13)11-16-15(4,5)6;1-11(2,3)7-9-14-15-10-8-13-12(4,5)6;1-10(2,3)12(7,8)9-13-11(4,5)6;1-9(10(2,3)4)8-12-11(5,6)7;1-9(2,3)7-8-11-10(4,5)6;;;;;;;;/h8-10,18H,11-12H2,1-7H3;7-10,17H,11-12H2,1-6H3;7-10H,11-12H2,1-6H3;7-10,16H,11H2,1-6H3;13H,7-10H2,1-6H3;13H,9H2,1-8H3;9,12H,8H2,1-7H3;11H,7-8H2,1-6H3;8*1H4. The van der Waals surface area contributed by atoms with Gasteiger partial charge in [0.15, 0.2) is 0 Å². The highest BCUT2D eigenvalue weighted by Gasteiger charge is 2.33. The number of methoxy groups -OCH3 is 1. The van der Waals surface area contributed by atoms with E-state index in [4.69, 9.17) is 4.74 Å². The van der Waals surface area contributed by atoms with Gasteiger partial charge in [-0.05, 0) is 302 Å². The van der Waals surface area contributed by atoms with Gasteiger partial charge in [0, 0.05) is 88.6 Å². The zero-order valence-corrected chi connectivity index (χ0v) is 91.2. The van der Waals surface area contributed by atoms with Crippen molar-refractivity contribution in [3.05, 3.63) is 136 Å². The number of benzene rings is 4. The molecule has 8 nitrogen and oxygen atoms in total. The zero-order valence-electron chi connectivity index (χ0n) is 89.6. The molecule has 0 saturated heterocycles. The number of nitrogens with one attached hydrogen (secondary N) is 7. The predicted molar refractivity (Wildman–Crippen MR) is 603 cm³/mol. The van der Waals surface area contributed by atoms with Gasteiger partial charge in [0.1, 0.15) is 5.75 Å². The summed E-state index contributed by atoms with van der Waals surface area (Å²) in [5.41, 5.74) is 16.2. The monoisotopic (exact) mass is 1820 g/mol. The van der Waals surface area contributed by atoms with Crippen molar-refractivity contribution in [3.63, 3.8) is 0 Å². The topological polar surface area (TPSA) is 93.4 Å². The van der Waals surface area contributed by atoms with E-state index in [1.807, 2.05) is 21.6 Å². The molecule has 0 fully saturated rings. The molecule has 762 valence electrons. The molecule has 1 atom stereocenters. The highest BCUT2D eigenvalue weighted by molar-refractivity contribution is 8.76. The minimum absolute atomic E-state index is 0. The summed E-state index contributed by atoms with van der Waals surface area (Å²) in [5.74, 6) is 4.17. The molecule has 0 aromatic heterocycles. The Morgan fingerprint density at radius 2 is 0.559 bits per heavy atom. The van der Waals surface area contributed by atoms with Gasteiger partial charge >= 0.3 is 0 Å². The van der Waals surface area contributed by atoms with E-state index in [9.17, 15) is 0 Å². The van der Waals surface area contributed by atoms with E-state index in [1.165, 1.54) is 68.9 Å². The molecule has 127 heavy (non-hydrogen) atoms. The Morgan fingerprint density at radius 1 is 0.283 bits per heavy atom. The fourth-order valence-electron chi connectivity index (χ4n) is 10.5. The molecule has 1 unspecified atom stereocenters. The third kappa shape index (κ3) is 100. The Morgan fingerprint density at radius 3 is 0.835 bits per heavy atom. The molecule has 0 radical (unpaired) electrons. The quantitative estimate of drug-likeness (QED) is 0.0288. The molecule has 4 aromatic rings. The Hall–Kier alpha value is -2.90. The first-order chi connectivity index (χ1) is 52.6. The molecule has 0 saturated carbocycles. The molecule has 0 spiro atoms. The summed E-state index contributed by atoms with van der Waals surface area (Å²) in [4.78, 5) is 0. The van der Waals surface area contributed by atoms with Crippen LogP contribution >= 0.6 is 21.6 Å². The molecule has 4 rings (SSSR count). The lowest BCUT2D eigenvalue weighted by Crippen LogP contribution is -2.46. The third-order valence-corrected chi connectivity index (χ3v) is 21.9. The molecule has 0 aliphatic rings. The lowest BCUT2D eigenvalue weighted by Gasteiger charge is -2.41. The van der Waals surface area contributed by atoms with Gasteiger partial charge in [-0.15, -0.1) is 0 Å². The largest absolute Gasteiger partial charge is 0.496 e. The number of hydrogen-bond donors (Lipinski definition) is 7. The van der Waals surface area contributed by atoms with Crippen LogP contribution in [0.1, 0.15) is 470 Å². The van der Waals surface area contributed by atoms with Crippen molar-refractivity contribution in [2.75, 3.05) is 44.8 Å².